The van der Waals surface area contributed by atoms with Gasteiger partial charge in [-0.15, -0.1) is 0 Å². The van der Waals surface area contributed by atoms with Crippen molar-refractivity contribution in [2.45, 2.75) is 50.0 Å². The topological polar surface area (TPSA) is 75.3 Å². The van der Waals surface area contributed by atoms with E-state index in [9.17, 15) is 13.2 Å². The maximum absolute atomic E-state index is 12.1. The summed E-state index contributed by atoms with van der Waals surface area (Å²) in [5, 5.41) is 3.02. The van der Waals surface area contributed by atoms with E-state index >= 15 is 0 Å². The minimum absolute atomic E-state index is 0.0951. The number of rotatable bonds is 6. The maximum Gasteiger partial charge on any atom is 0.240 e. The van der Waals surface area contributed by atoms with E-state index in [0.717, 1.165) is 23.7 Å². The molecule has 1 saturated carbocycles. The molecule has 2 N–H and O–H groups in total. The number of sulfonamides is 1. The van der Waals surface area contributed by atoms with Crippen molar-refractivity contribution in [3.8, 4) is 0 Å². The number of halogens is 1. The molecule has 0 saturated heterocycles. The van der Waals surface area contributed by atoms with Crippen molar-refractivity contribution in [1.29, 1.82) is 0 Å². The standard InChI is InChI=1S/C16H23BrN2O3S/c1-12-4-2-3-5-15(12)19-16(20)10-11-18-23(21,22)14-8-6-13(17)7-9-14/h6-9,12,15,18H,2-5,10-11H2,1H3,(H,19,20)/t12-,15-/m1/s1. The van der Waals surface area contributed by atoms with Crippen molar-refractivity contribution < 1.29 is 13.2 Å². The molecule has 128 valence electrons. The molecule has 1 aromatic rings. The monoisotopic (exact) mass is 402 g/mol. The van der Waals surface area contributed by atoms with Crippen LogP contribution < -0.4 is 10.0 Å². The molecule has 1 aromatic carbocycles. The van der Waals surface area contributed by atoms with Crippen LogP contribution in [0.25, 0.3) is 0 Å². The molecule has 2 rings (SSSR count). The molecule has 0 heterocycles. The molecular weight excluding hydrogens is 380 g/mol. The average molecular weight is 403 g/mol. The zero-order valence-electron chi connectivity index (χ0n) is 13.2. The maximum atomic E-state index is 12.1. The predicted molar refractivity (Wildman–Crippen MR) is 93.5 cm³/mol. The van der Waals surface area contributed by atoms with Gasteiger partial charge in [-0.1, -0.05) is 35.7 Å². The zero-order valence-corrected chi connectivity index (χ0v) is 15.6. The normalized spacial score (nSPS) is 21.8. The fourth-order valence-electron chi connectivity index (χ4n) is 2.81. The SMILES string of the molecule is C[C@@H]1CCCC[C@H]1NC(=O)CCNS(=O)(=O)c1ccc(Br)cc1. The summed E-state index contributed by atoms with van der Waals surface area (Å²) in [6.07, 6.45) is 4.67. The van der Waals surface area contributed by atoms with Crippen molar-refractivity contribution in [2.24, 2.45) is 5.92 Å². The van der Waals surface area contributed by atoms with Crippen molar-refractivity contribution in [3.63, 3.8) is 0 Å². The van der Waals surface area contributed by atoms with E-state index < -0.39 is 10.0 Å². The van der Waals surface area contributed by atoms with Gasteiger partial charge in [0.2, 0.25) is 15.9 Å². The highest BCUT2D eigenvalue weighted by Crippen LogP contribution is 2.23. The van der Waals surface area contributed by atoms with E-state index in [2.05, 4.69) is 32.9 Å². The molecular formula is C16H23BrN2O3S. The lowest BCUT2D eigenvalue weighted by atomic mass is 9.86. The first-order valence-electron chi connectivity index (χ1n) is 7.93. The van der Waals surface area contributed by atoms with Gasteiger partial charge in [-0.25, -0.2) is 13.1 Å². The number of benzene rings is 1. The van der Waals surface area contributed by atoms with Gasteiger partial charge in [0.25, 0.3) is 0 Å². The fraction of sp³-hybridized carbons (Fsp3) is 0.562. The Kier molecular flexibility index (Phi) is 6.61. The van der Waals surface area contributed by atoms with Gasteiger partial charge in [0.1, 0.15) is 0 Å². The molecule has 0 unspecified atom stereocenters. The van der Waals surface area contributed by atoms with E-state index in [0.29, 0.717) is 5.92 Å². The molecule has 1 amide bonds. The largest absolute Gasteiger partial charge is 0.353 e. The van der Waals surface area contributed by atoms with E-state index in [1.165, 1.54) is 18.6 Å². The zero-order chi connectivity index (χ0) is 16.9. The third-order valence-electron chi connectivity index (χ3n) is 4.23. The van der Waals surface area contributed by atoms with Gasteiger partial charge in [0.05, 0.1) is 4.90 Å². The highest BCUT2D eigenvalue weighted by atomic mass is 79.9. The molecule has 0 radical (unpaired) electrons. The van der Waals surface area contributed by atoms with Crippen LogP contribution in [0.4, 0.5) is 0 Å². The Hall–Kier alpha value is -0.920. The lowest BCUT2D eigenvalue weighted by Gasteiger charge is -2.29. The van der Waals surface area contributed by atoms with E-state index in [4.69, 9.17) is 0 Å². The van der Waals surface area contributed by atoms with Gasteiger partial charge in [0.15, 0.2) is 0 Å². The molecule has 1 aliphatic rings. The van der Waals surface area contributed by atoms with Gasteiger partial charge in [0, 0.05) is 23.5 Å². The quantitative estimate of drug-likeness (QED) is 0.767. The van der Waals surface area contributed by atoms with Crippen LogP contribution in [0.15, 0.2) is 33.6 Å². The molecule has 5 nitrogen and oxygen atoms in total. The molecule has 7 heteroatoms. The van der Waals surface area contributed by atoms with Crippen LogP contribution in [0.2, 0.25) is 0 Å². The Morgan fingerprint density at radius 1 is 1.22 bits per heavy atom. The summed E-state index contributed by atoms with van der Waals surface area (Å²) in [6, 6.07) is 6.61. The first-order chi connectivity index (χ1) is 10.9. The van der Waals surface area contributed by atoms with Crippen LogP contribution in [-0.4, -0.2) is 26.9 Å². The van der Waals surface area contributed by atoms with E-state index in [1.54, 1.807) is 12.1 Å². The highest BCUT2D eigenvalue weighted by Gasteiger charge is 2.22. The molecule has 2 atom stereocenters. The summed E-state index contributed by atoms with van der Waals surface area (Å²) in [6.45, 7) is 2.26. The van der Waals surface area contributed by atoms with Crippen LogP contribution >= 0.6 is 15.9 Å². The Labute approximate surface area is 146 Å². The first kappa shape index (κ1) is 18.4. The minimum atomic E-state index is -3.57. The van der Waals surface area contributed by atoms with Crippen molar-refractivity contribution in [3.05, 3.63) is 28.7 Å². The van der Waals surface area contributed by atoms with Gasteiger partial charge < -0.3 is 5.32 Å². The molecule has 1 fully saturated rings. The number of carbonyl (C=O) groups excluding carboxylic acids is 1. The second-order valence-electron chi connectivity index (χ2n) is 6.04. The molecule has 0 aromatic heterocycles. The smallest absolute Gasteiger partial charge is 0.240 e. The summed E-state index contributed by atoms with van der Waals surface area (Å²) in [4.78, 5) is 12.2. The van der Waals surface area contributed by atoms with Crippen LogP contribution in [0.1, 0.15) is 39.0 Å². The van der Waals surface area contributed by atoms with Crippen molar-refractivity contribution in [1.82, 2.24) is 10.0 Å². The van der Waals surface area contributed by atoms with Crippen LogP contribution in [0.5, 0.6) is 0 Å². The number of hydrogen-bond donors (Lipinski definition) is 2. The Morgan fingerprint density at radius 2 is 1.87 bits per heavy atom. The lowest BCUT2D eigenvalue weighted by Crippen LogP contribution is -2.42. The first-order valence-corrected chi connectivity index (χ1v) is 10.2. The molecule has 1 aliphatic carbocycles. The van der Waals surface area contributed by atoms with Gasteiger partial charge in [-0.3, -0.25) is 4.79 Å². The Bertz CT molecular complexity index is 631. The summed E-state index contributed by atoms with van der Waals surface area (Å²) in [7, 11) is -3.57. The summed E-state index contributed by atoms with van der Waals surface area (Å²) < 4.78 is 27.5. The molecule has 0 spiro atoms. The van der Waals surface area contributed by atoms with Crippen LogP contribution in [0.3, 0.4) is 0 Å². The Balaban J connectivity index is 1.79. The second kappa shape index (κ2) is 8.26. The Morgan fingerprint density at radius 3 is 2.52 bits per heavy atom. The van der Waals surface area contributed by atoms with E-state index in [-0.39, 0.29) is 29.8 Å². The van der Waals surface area contributed by atoms with Gasteiger partial charge in [-0.2, -0.15) is 0 Å². The van der Waals surface area contributed by atoms with Crippen LogP contribution in [-0.2, 0) is 14.8 Å². The third kappa shape index (κ3) is 5.58. The number of carbonyl (C=O) groups is 1. The summed E-state index contributed by atoms with van der Waals surface area (Å²) >= 11 is 3.27. The lowest BCUT2D eigenvalue weighted by molar-refractivity contribution is -0.122. The van der Waals surface area contributed by atoms with Crippen molar-refractivity contribution in [2.75, 3.05) is 6.54 Å². The molecule has 23 heavy (non-hydrogen) atoms. The average Bonchev–Trinajstić information content (AvgIpc) is 2.50. The number of hydrogen-bond acceptors (Lipinski definition) is 3. The fourth-order valence-corrected chi connectivity index (χ4v) is 4.10. The molecule has 0 aliphatic heterocycles. The molecule has 0 bridgehead atoms. The van der Waals surface area contributed by atoms with Gasteiger partial charge in [-0.05, 0) is 43.0 Å². The van der Waals surface area contributed by atoms with Crippen molar-refractivity contribution >= 4 is 31.9 Å². The summed E-state index contributed by atoms with van der Waals surface area (Å²) in [5.41, 5.74) is 0. The number of amides is 1. The number of nitrogens with one attached hydrogen (secondary N) is 2. The predicted octanol–water partition coefficient (Wildman–Crippen LogP) is 2.81. The van der Waals surface area contributed by atoms with Crippen LogP contribution in [0, 0.1) is 5.92 Å². The highest BCUT2D eigenvalue weighted by molar-refractivity contribution is 9.10. The second-order valence-corrected chi connectivity index (χ2v) is 8.72. The third-order valence-corrected chi connectivity index (χ3v) is 6.23. The van der Waals surface area contributed by atoms with Gasteiger partial charge >= 0.3 is 0 Å². The summed E-state index contributed by atoms with van der Waals surface area (Å²) in [5.74, 6) is 0.398. The van der Waals surface area contributed by atoms with E-state index in [1.807, 2.05) is 0 Å². The minimum Gasteiger partial charge on any atom is -0.353 e.